The number of nitrogens with zero attached hydrogens (tertiary/aromatic N) is 3. The number of amides is 1. The summed E-state index contributed by atoms with van der Waals surface area (Å²) in [4.78, 5) is 22.2. The standard InChI is InChI=1S/C9H13N3O3/c1-4-15-9(14)7(2)11-12(3)8(13)5-6-10/h4-5H2,1-3H3/b11-7+. The van der Waals surface area contributed by atoms with E-state index >= 15 is 0 Å². The molecule has 0 aliphatic heterocycles. The van der Waals surface area contributed by atoms with Crippen molar-refractivity contribution < 1.29 is 14.3 Å². The van der Waals surface area contributed by atoms with Gasteiger partial charge in [-0.25, -0.2) is 9.80 Å². The summed E-state index contributed by atoms with van der Waals surface area (Å²) in [6, 6.07) is 1.70. The highest BCUT2D eigenvalue weighted by atomic mass is 16.5. The van der Waals surface area contributed by atoms with Crippen LogP contribution in [-0.4, -0.2) is 36.3 Å². The largest absolute Gasteiger partial charge is 0.461 e. The first-order valence-electron chi connectivity index (χ1n) is 4.38. The van der Waals surface area contributed by atoms with Gasteiger partial charge in [0.05, 0.1) is 12.7 Å². The molecule has 0 heterocycles. The molecule has 0 radical (unpaired) electrons. The average Bonchev–Trinajstić information content (AvgIpc) is 2.18. The number of hydrogen-bond donors (Lipinski definition) is 0. The fraction of sp³-hybridized carbons (Fsp3) is 0.556. The van der Waals surface area contributed by atoms with Gasteiger partial charge in [0.15, 0.2) is 0 Å². The topological polar surface area (TPSA) is 82.8 Å². The van der Waals surface area contributed by atoms with Crippen molar-refractivity contribution in [1.29, 1.82) is 5.26 Å². The van der Waals surface area contributed by atoms with E-state index in [0.717, 1.165) is 5.01 Å². The Hall–Kier alpha value is -1.90. The summed E-state index contributed by atoms with van der Waals surface area (Å²) < 4.78 is 4.67. The van der Waals surface area contributed by atoms with Crippen LogP contribution in [0.4, 0.5) is 0 Å². The molecule has 0 fully saturated rings. The Bertz CT molecular complexity index is 317. The van der Waals surface area contributed by atoms with Gasteiger partial charge in [0, 0.05) is 7.05 Å². The highest BCUT2D eigenvalue weighted by Gasteiger charge is 2.11. The van der Waals surface area contributed by atoms with E-state index in [1.807, 2.05) is 0 Å². The molecule has 0 spiro atoms. The van der Waals surface area contributed by atoms with Crippen LogP contribution in [0.3, 0.4) is 0 Å². The minimum atomic E-state index is -0.575. The molecule has 0 atom stereocenters. The van der Waals surface area contributed by atoms with Crippen molar-refractivity contribution >= 4 is 17.6 Å². The zero-order valence-electron chi connectivity index (χ0n) is 8.98. The maximum absolute atomic E-state index is 11.1. The lowest BCUT2D eigenvalue weighted by atomic mass is 10.4. The number of carbonyl (C=O) groups is 2. The number of esters is 1. The van der Waals surface area contributed by atoms with Crippen LogP contribution in [0, 0.1) is 11.3 Å². The lowest BCUT2D eigenvalue weighted by Gasteiger charge is -2.09. The minimum absolute atomic E-state index is 0.0747. The lowest BCUT2D eigenvalue weighted by molar-refractivity contribution is -0.135. The SMILES string of the molecule is CCOC(=O)/C(C)=N/N(C)C(=O)CC#N. The third kappa shape index (κ3) is 4.76. The van der Waals surface area contributed by atoms with Gasteiger partial charge in [-0.3, -0.25) is 4.79 Å². The van der Waals surface area contributed by atoms with E-state index in [9.17, 15) is 9.59 Å². The van der Waals surface area contributed by atoms with Gasteiger partial charge in [0.2, 0.25) is 0 Å². The second-order valence-electron chi connectivity index (χ2n) is 2.66. The predicted octanol–water partition coefficient (Wildman–Crippen LogP) is 0.297. The van der Waals surface area contributed by atoms with Crippen LogP contribution in [-0.2, 0) is 14.3 Å². The van der Waals surface area contributed by atoms with E-state index < -0.39 is 11.9 Å². The Morgan fingerprint density at radius 3 is 2.60 bits per heavy atom. The zero-order chi connectivity index (χ0) is 11.8. The molecule has 82 valence electrons. The maximum Gasteiger partial charge on any atom is 0.354 e. The van der Waals surface area contributed by atoms with Crippen molar-refractivity contribution in [2.75, 3.05) is 13.7 Å². The first-order valence-corrected chi connectivity index (χ1v) is 4.38. The van der Waals surface area contributed by atoms with Gasteiger partial charge in [-0.1, -0.05) is 0 Å². The van der Waals surface area contributed by atoms with Gasteiger partial charge in [0.1, 0.15) is 12.1 Å². The Kier molecular flexibility index (Phi) is 5.71. The molecule has 0 aromatic rings. The van der Waals surface area contributed by atoms with Crippen LogP contribution in [0.2, 0.25) is 0 Å². The molecule has 0 saturated heterocycles. The van der Waals surface area contributed by atoms with E-state index in [1.165, 1.54) is 14.0 Å². The summed E-state index contributed by atoms with van der Waals surface area (Å²) >= 11 is 0. The zero-order valence-corrected chi connectivity index (χ0v) is 8.98. The molecule has 0 aromatic heterocycles. The van der Waals surface area contributed by atoms with Gasteiger partial charge in [-0.2, -0.15) is 10.4 Å². The van der Waals surface area contributed by atoms with Crippen molar-refractivity contribution in [3.63, 3.8) is 0 Å². The van der Waals surface area contributed by atoms with E-state index in [0.29, 0.717) is 0 Å². The monoisotopic (exact) mass is 211 g/mol. The molecule has 6 heteroatoms. The minimum Gasteiger partial charge on any atom is -0.461 e. The quantitative estimate of drug-likeness (QED) is 0.380. The van der Waals surface area contributed by atoms with E-state index in [2.05, 4.69) is 9.84 Å². The first-order chi connectivity index (χ1) is 7.02. The number of nitriles is 1. The normalized spacial score (nSPS) is 10.4. The lowest BCUT2D eigenvalue weighted by Crippen LogP contribution is -2.25. The number of hydrogen-bond acceptors (Lipinski definition) is 5. The maximum atomic E-state index is 11.1. The third-order valence-corrected chi connectivity index (χ3v) is 1.46. The van der Waals surface area contributed by atoms with E-state index in [4.69, 9.17) is 5.26 Å². The van der Waals surface area contributed by atoms with Crippen LogP contribution in [0.25, 0.3) is 0 Å². The van der Waals surface area contributed by atoms with Gasteiger partial charge in [-0.15, -0.1) is 0 Å². The molecule has 6 nitrogen and oxygen atoms in total. The summed E-state index contributed by atoms with van der Waals surface area (Å²) in [7, 11) is 1.38. The van der Waals surface area contributed by atoms with Gasteiger partial charge in [-0.05, 0) is 13.8 Å². The second-order valence-corrected chi connectivity index (χ2v) is 2.66. The van der Waals surface area contributed by atoms with Crippen LogP contribution in [0.5, 0.6) is 0 Å². The molecule has 0 aliphatic carbocycles. The summed E-state index contributed by atoms with van der Waals surface area (Å²) in [5.41, 5.74) is 0.0747. The Balaban J connectivity index is 4.41. The van der Waals surface area contributed by atoms with Crippen LogP contribution in [0.1, 0.15) is 20.3 Å². The Morgan fingerprint density at radius 2 is 2.13 bits per heavy atom. The highest BCUT2D eigenvalue weighted by Crippen LogP contribution is 1.93. The molecule has 0 rings (SSSR count). The van der Waals surface area contributed by atoms with Crippen molar-refractivity contribution in [2.24, 2.45) is 5.10 Å². The summed E-state index contributed by atoms with van der Waals surface area (Å²) in [5, 5.41) is 12.9. The van der Waals surface area contributed by atoms with Crippen molar-refractivity contribution in [3.8, 4) is 6.07 Å². The molecule has 0 aromatic carbocycles. The van der Waals surface area contributed by atoms with Gasteiger partial charge in [0.25, 0.3) is 5.91 Å². The molecule has 0 saturated carbocycles. The van der Waals surface area contributed by atoms with Crippen molar-refractivity contribution in [3.05, 3.63) is 0 Å². The number of hydrazone groups is 1. The first kappa shape index (κ1) is 13.1. The molecule has 0 aliphatic rings. The number of ether oxygens (including phenoxy) is 1. The number of carbonyl (C=O) groups excluding carboxylic acids is 2. The molecular formula is C9H13N3O3. The molecule has 15 heavy (non-hydrogen) atoms. The van der Waals surface area contributed by atoms with Crippen molar-refractivity contribution in [1.82, 2.24) is 5.01 Å². The smallest absolute Gasteiger partial charge is 0.354 e. The summed E-state index contributed by atoms with van der Waals surface area (Å²) in [6.07, 6.45) is -0.268. The Morgan fingerprint density at radius 1 is 1.53 bits per heavy atom. The predicted molar refractivity (Wildman–Crippen MR) is 52.7 cm³/mol. The van der Waals surface area contributed by atoms with Gasteiger partial charge < -0.3 is 4.74 Å². The van der Waals surface area contributed by atoms with Crippen LogP contribution < -0.4 is 0 Å². The highest BCUT2D eigenvalue weighted by molar-refractivity contribution is 6.35. The number of rotatable bonds is 4. The third-order valence-electron chi connectivity index (χ3n) is 1.46. The molecule has 0 bridgehead atoms. The molecule has 0 N–H and O–H groups in total. The van der Waals surface area contributed by atoms with Crippen LogP contribution in [0.15, 0.2) is 5.10 Å². The van der Waals surface area contributed by atoms with Crippen molar-refractivity contribution in [2.45, 2.75) is 20.3 Å². The summed E-state index contributed by atoms with van der Waals surface area (Å²) in [6.45, 7) is 3.37. The Labute approximate surface area is 88.1 Å². The fourth-order valence-corrected chi connectivity index (χ4v) is 0.739. The van der Waals surface area contributed by atoms with Gasteiger partial charge >= 0.3 is 5.97 Å². The molecule has 0 unspecified atom stereocenters. The second kappa shape index (κ2) is 6.54. The van der Waals surface area contributed by atoms with E-state index in [1.54, 1.807) is 13.0 Å². The fourth-order valence-electron chi connectivity index (χ4n) is 0.739. The molecule has 1 amide bonds. The van der Waals surface area contributed by atoms with E-state index in [-0.39, 0.29) is 18.7 Å². The summed E-state index contributed by atoms with van der Waals surface area (Å²) in [5.74, 6) is -1.05. The average molecular weight is 211 g/mol. The van der Waals surface area contributed by atoms with Crippen LogP contribution >= 0.6 is 0 Å². The molecular weight excluding hydrogens is 198 g/mol.